The summed E-state index contributed by atoms with van der Waals surface area (Å²) < 4.78 is 0. The Morgan fingerprint density at radius 1 is 1.44 bits per heavy atom. The lowest BCUT2D eigenvalue weighted by Crippen LogP contribution is -2.35. The summed E-state index contributed by atoms with van der Waals surface area (Å²) in [6.07, 6.45) is 11.1. The van der Waals surface area contributed by atoms with Crippen molar-refractivity contribution in [3.05, 3.63) is 24.5 Å². The molecular formula is C13H17N5. The lowest BCUT2D eigenvalue weighted by Gasteiger charge is -2.20. The molecule has 0 radical (unpaired) electrons. The topological polar surface area (TPSA) is 78.3 Å². The fourth-order valence-corrected chi connectivity index (χ4v) is 2.18. The van der Waals surface area contributed by atoms with Gasteiger partial charge in [0.1, 0.15) is 0 Å². The third-order valence-corrected chi connectivity index (χ3v) is 3.12. The van der Waals surface area contributed by atoms with E-state index in [1.807, 2.05) is 6.19 Å². The highest BCUT2D eigenvalue weighted by Gasteiger charge is 2.16. The Kier molecular flexibility index (Phi) is 4.13. The minimum atomic E-state index is 0.256. The normalized spacial score (nSPS) is 17.2. The predicted molar refractivity (Wildman–Crippen MR) is 70.8 cm³/mol. The number of hydrogen-bond donors (Lipinski definition) is 1. The van der Waals surface area contributed by atoms with Crippen LogP contribution in [0.2, 0.25) is 0 Å². The molecule has 18 heavy (non-hydrogen) atoms. The van der Waals surface area contributed by atoms with Gasteiger partial charge in [0.05, 0.1) is 17.9 Å². The SMILES string of the molecule is N#CN(C(N)=NC1CCCCC1)c1cccnc1. The molecule has 1 fully saturated rings. The van der Waals surface area contributed by atoms with Gasteiger partial charge in [-0.1, -0.05) is 19.3 Å². The molecule has 0 aromatic carbocycles. The fourth-order valence-electron chi connectivity index (χ4n) is 2.18. The first-order valence-electron chi connectivity index (χ1n) is 6.24. The summed E-state index contributed by atoms with van der Waals surface area (Å²) in [6.45, 7) is 0. The van der Waals surface area contributed by atoms with Gasteiger partial charge in [0, 0.05) is 6.20 Å². The van der Waals surface area contributed by atoms with Crippen LogP contribution < -0.4 is 10.6 Å². The fraction of sp³-hybridized carbons (Fsp3) is 0.462. The molecule has 0 unspecified atom stereocenters. The third kappa shape index (κ3) is 2.98. The van der Waals surface area contributed by atoms with Crippen LogP contribution in [0.3, 0.4) is 0 Å². The van der Waals surface area contributed by atoms with E-state index < -0.39 is 0 Å². The second kappa shape index (κ2) is 6.01. The summed E-state index contributed by atoms with van der Waals surface area (Å²) in [5.41, 5.74) is 6.57. The molecule has 1 saturated carbocycles. The second-order valence-electron chi connectivity index (χ2n) is 4.43. The summed E-state index contributed by atoms with van der Waals surface area (Å²) >= 11 is 0. The van der Waals surface area contributed by atoms with Crippen molar-refractivity contribution in [2.45, 2.75) is 38.1 Å². The van der Waals surface area contributed by atoms with Gasteiger partial charge in [-0.15, -0.1) is 0 Å². The average molecular weight is 243 g/mol. The Morgan fingerprint density at radius 2 is 2.22 bits per heavy atom. The maximum absolute atomic E-state index is 9.17. The van der Waals surface area contributed by atoms with E-state index in [0.717, 1.165) is 12.8 Å². The summed E-state index contributed by atoms with van der Waals surface area (Å²) in [5, 5.41) is 9.17. The number of rotatable bonds is 2. The molecule has 0 bridgehead atoms. The van der Waals surface area contributed by atoms with Gasteiger partial charge >= 0.3 is 0 Å². The van der Waals surface area contributed by atoms with Gasteiger partial charge in [-0.3, -0.25) is 4.98 Å². The molecule has 5 nitrogen and oxygen atoms in total. The first kappa shape index (κ1) is 12.4. The Hall–Kier alpha value is -2.09. The number of guanidine groups is 1. The summed E-state index contributed by atoms with van der Waals surface area (Å²) in [5.74, 6) is 0.261. The number of aliphatic imine (C=N–C) groups is 1. The largest absolute Gasteiger partial charge is 0.369 e. The highest BCUT2D eigenvalue weighted by Crippen LogP contribution is 2.21. The molecule has 1 heterocycles. The quantitative estimate of drug-likeness (QED) is 0.373. The summed E-state index contributed by atoms with van der Waals surface area (Å²) in [7, 11) is 0. The van der Waals surface area contributed by atoms with Crippen molar-refractivity contribution < 1.29 is 0 Å². The van der Waals surface area contributed by atoms with Crippen molar-refractivity contribution in [3.8, 4) is 6.19 Å². The number of anilines is 1. The van der Waals surface area contributed by atoms with Gasteiger partial charge in [-0.05, 0) is 25.0 Å². The monoisotopic (exact) mass is 243 g/mol. The van der Waals surface area contributed by atoms with Crippen LogP contribution in [-0.2, 0) is 0 Å². The van der Waals surface area contributed by atoms with Crippen LogP contribution in [0, 0.1) is 11.5 Å². The predicted octanol–water partition coefficient (Wildman–Crippen LogP) is 2.02. The van der Waals surface area contributed by atoms with E-state index in [1.54, 1.807) is 24.5 Å². The highest BCUT2D eigenvalue weighted by atomic mass is 15.3. The summed E-state index contributed by atoms with van der Waals surface area (Å²) in [4.78, 5) is 9.75. The molecule has 0 aliphatic heterocycles. The van der Waals surface area contributed by atoms with Crippen molar-refractivity contribution in [2.75, 3.05) is 4.90 Å². The van der Waals surface area contributed by atoms with Crippen LogP contribution in [0.5, 0.6) is 0 Å². The second-order valence-corrected chi connectivity index (χ2v) is 4.43. The van der Waals surface area contributed by atoms with E-state index in [-0.39, 0.29) is 12.0 Å². The summed E-state index contributed by atoms with van der Waals surface area (Å²) in [6, 6.07) is 3.82. The molecule has 5 heteroatoms. The van der Waals surface area contributed by atoms with Gasteiger partial charge in [-0.2, -0.15) is 5.26 Å². The lowest BCUT2D eigenvalue weighted by molar-refractivity contribution is 0.443. The Morgan fingerprint density at radius 3 is 2.83 bits per heavy atom. The number of nitriles is 1. The third-order valence-electron chi connectivity index (χ3n) is 3.12. The molecule has 1 aromatic heterocycles. The standard InChI is InChI=1S/C13H17N5/c14-10-18(12-7-4-8-16-9-12)13(15)17-11-5-2-1-3-6-11/h4,7-9,11H,1-3,5-6H2,(H2,15,17). The van der Waals surface area contributed by atoms with Gasteiger partial charge in [0.2, 0.25) is 5.96 Å². The minimum absolute atomic E-state index is 0.256. The van der Waals surface area contributed by atoms with E-state index in [4.69, 9.17) is 11.0 Å². The number of nitrogens with zero attached hydrogens (tertiary/aromatic N) is 4. The Labute approximate surface area is 107 Å². The first-order valence-corrected chi connectivity index (χ1v) is 6.24. The van der Waals surface area contributed by atoms with E-state index in [0.29, 0.717) is 5.69 Å². The van der Waals surface area contributed by atoms with Crippen LogP contribution >= 0.6 is 0 Å². The Balaban J connectivity index is 2.12. The van der Waals surface area contributed by atoms with Crippen molar-refractivity contribution in [2.24, 2.45) is 10.7 Å². The van der Waals surface area contributed by atoms with Crippen LogP contribution in [-0.4, -0.2) is 17.0 Å². The molecule has 0 saturated heterocycles. The van der Waals surface area contributed by atoms with E-state index in [9.17, 15) is 0 Å². The molecule has 1 aromatic rings. The van der Waals surface area contributed by atoms with E-state index >= 15 is 0 Å². The molecule has 94 valence electrons. The Bertz CT molecular complexity index is 442. The van der Waals surface area contributed by atoms with Crippen LogP contribution in [0.1, 0.15) is 32.1 Å². The zero-order valence-corrected chi connectivity index (χ0v) is 10.3. The number of nitrogens with two attached hydrogens (primary N) is 1. The first-order chi connectivity index (χ1) is 8.81. The molecule has 2 N–H and O–H groups in total. The average Bonchev–Trinajstić information content (AvgIpc) is 2.42. The van der Waals surface area contributed by atoms with Gasteiger partial charge in [0.15, 0.2) is 6.19 Å². The van der Waals surface area contributed by atoms with Crippen molar-refractivity contribution >= 4 is 11.6 Å². The zero-order valence-electron chi connectivity index (χ0n) is 10.3. The molecule has 1 aliphatic rings. The van der Waals surface area contributed by atoms with Crippen LogP contribution in [0.4, 0.5) is 5.69 Å². The number of aromatic nitrogens is 1. The van der Waals surface area contributed by atoms with Crippen molar-refractivity contribution in [1.29, 1.82) is 5.26 Å². The number of hydrogen-bond acceptors (Lipinski definition) is 3. The van der Waals surface area contributed by atoms with Gasteiger partial charge in [-0.25, -0.2) is 9.89 Å². The van der Waals surface area contributed by atoms with Crippen LogP contribution in [0.15, 0.2) is 29.5 Å². The van der Waals surface area contributed by atoms with Gasteiger partial charge < -0.3 is 5.73 Å². The van der Waals surface area contributed by atoms with Crippen LogP contribution in [0.25, 0.3) is 0 Å². The molecule has 0 atom stereocenters. The van der Waals surface area contributed by atoms with Gasteiger partial charge in [0.25, 0.3) is 0 Å². The zero-order chi connectivity index (χ0) is 12.8. The molecule has 1 aliphatic carbocycles. The lowest BCUT2D eigenvalue weighted by atomic mass is 9.96. The van der Waals surface area contributed by atoms with Crippen molar-refractivity contribution in [1.82, 2.24) is 4.98 Å². The van der Waals surface area contributed by atoms with E-state index in [1.165, 1.54) is 24.2 Å². The maximum Gasteiger partial charge on any atom is 0.209 e. The number of pyridine rings is 1. The van der Waals surface area contributed by atoms with Crippen molar-refractivity contribution in [3.63, 3.8) is 0 Å². The highest BCUT2D eigenvalue weighted by molar-refractivity contribution is 5.97. The molecule has 2 rings (SSSR count). The molecular weight excluding hydrogens is 226 g/mol. The minimum Gasteiger partial charge on any atom is -0.369 e. The smallest absolute Gasteiger partial charge is 0.209 e. The molecule has 0 amide bonds. The maximum atomic E-state index is 9.17. The molecule has 0 spiro atoms. The van der Waals surface area contributed by atoms with E-state index in [2.05, 4.69) is 9.98 Å².